The van der Waals surface area contributed by atoms with Crippen LogP contribution in [0.5, 0.6) is 0 Å². The molecule has 3 nitrogen and oxygen atoms in total. The lowest BCUT2D eigenvalue weighted by Gasteiger charge is -2.37. The van der Waals surface area contributed by atoms with E-state index in [0.29, 0.717) is 12.1 Å². The molecule has 0 spiro atoms. The highest BCUT2D eigenvalue weighted by Crippen LogP contribution is 2.27. The summed E-state index contributed by atoms with van der Waals surface area (Å²) in [4.78, 5) is 12.2. The predicted molar refractivity (Wildman–Crippen MR) is 73.5 cm³/mol. The maximum atomic E-state index is 13.3. The first-order chi connectivity index (χ1) is 9.04. The van der Waals surface area contributed by atoms with Crippen LogP contribution in [0, 0.1) is 12.7 Å². The molecule has 0 unspecified atom stereocenters. The number of nitrogens with two attached hydrogens (primary N) is 1. The molecule has 0 saturated heterocycles. The van der Waals surface area contributed by atoms with Gasteiger partial charge in [-0.15, -0.1) is 0 Å². The number of benzene rings is 1. The largest absolute Gasteiger partial charge is 0.345 e. The minimum atomic E-state index is -0.379. The van der Waals surface area contributed by atoms with Crippen molar-refractivity contribution in [1.29, 1.82) is 0 Å². The molecule has 1 aromatic rings. The second-order valence-electron chi connectivity index (χ2n) is 5.52. The van der Waals surface area contributed by atoms with Crippen molar-refractivity contribution in [3.63, 3.8) is 0 Å². The van der Waals surface area contributed by atoms with Gasteiger partial charge in [-0.3, -0.25) is 4.79 Å². The van der Waals surface area contributed by atoms with Crippen molar-refractivity contribution in [2.24, 2.45) is 5.73 Å². The first kappa shape index (κ1) is 14.0. The zero-order chi connectivity index (χ0) is 13.9. The molecule has 1 aliphatic rings. The van der Waals surface area contributed by atoms with Gasteiger partial charge in [-0.2, -0.15) is 0 Å². The van der Waals surface area contributed by atoms with Crippen LogP contribution in [0.25, 0.3) is 0 Å². The topological polar surface area (TPSA) is 55.1 Å². The second-order valence-corrected chi connectivity index (χ2v) is 5.52. The molecule has 1 saturated carbocycles. The second kappa shape index (κ2) is 5.70. The molecule has 1 aromatic carbocycles. The number of rotatable bonds is 3. The fourth-order valence-corrected chi connectivity index (χ4v) is 2.79. The highest BCUT2D eigenvalue weighted by Gasteiger charge is 2.32. The third-order valence-electron chi connectivity index (χ3n) is 3.88. The summed E-state index contributed by atoms with van der Waals surface area (Å²) in [7, 11) is 0. The zero-order valence-electron chi connectivity index (χ0n) is 11.3. The van der Waals surface area contributed by atoms with E-state index in [1.54, 1.807) is 13.0 Å². The van der Waals surface area contributed by atoms with E-state index in [2.05, 4.69) is 5.32 Å². The fourth-order valence-electron chi connectivity index (χ4n) is 2.79. The lowest BCUT2D eigenvalue weighted by Crippen LogP contribution is -2.54. The van der Waals surface area contributed by atoms with Crippen molar-refractivity contribution in [3.8, 4) is 0 Å². The summed E-state index contributed by atoms with van der Waals surface area (Å²) in [5, 5.41) is 3.02. The molecule has 0 aromatic heterocycles. The molecule has 0 atom stereocenters. The van der Waals surface area contributed by atoms with Gasteiger partial charge in [0.15, 0.2) is 0 Å². The van der Waals surface area contributed by atoms with Gasteiger partial charge in [-0.05, 0) is 43.5 Å². The SMILES string of the molecule is Cc1cc(F)cc(C(=O)NC2(CN)CCCCC2)c1. The molecular weight excluding hydrogens is 243 g/mol. The summed E-state index contributed by atoms with van der Waals surface area (Å²) in [6.07, 6.45) is 5.17. The van der Waals surface area contributed by atoms with Gasteiger partial charge in [0.05, 0.1) is 5.54 Å². The minimum Gasteiger partial charge on any atom is -0.345 e. The summed E-state index contributed by atoms with van der Waals surface area (Å²) in [6, 6.07) is 4.39. The van der Waals surface area contributed by atoms with Crippen molar-refractivity contribution < 1.29 is 9.18 Å². The molecule has 0 heterocycles. The quantitative estimate of drug-likeness (QED) is 0.881. The van der Waals surface area contributed by atoms with Crippen LogP contribution in [0.2, 0.25) is 0 Å². The predicted octanol–water partition coefficient (Wildman–Crippen LogP) is 2.53. The molecule has 4 heteroatoms. The van der Waals surface area contributed by atoms with Gasteiger partial charge in [0.25, 0.3) is 5.91 Å². The molecule has 0 aliphatic heterocycles. The third kappa shape index (κ3) is 3.32. The van der Waals surface area contributed by atoms with Gasteiger partial charge in [0.2, 0.25) is 0 Å². The van der Waals surface area contributed by atoms with Gasteiger partial charge in [0, 0.05) is 12.1 Å². The Balaban J connectivity index is 2.15. The van der Waals surface area contributed by atoms with Crippen molar-refractivity contribution in [2.45, 2.75) is 44.6 Å². The molecule has 1 aliphatic carbocycles. The average molecular weight is 264 g/mol. The Morgan fingerprint density at radius 2 is 2.00 bits per heavy atom. The van der Waals surface area contributed by atoms with Gasteiger partial charge < -0.3 is 11.1 Å². The normalized spacial score (nSPS) is 18.1. The van der Waals surface area contributed by atoms with Crippen LogP contribution < -0.4 is 11.1 Å². The van der Waals surface area contributed by atoms with Gasteiger partial charge in [-0.25, -0.2) is 4.39 Å². The van der Waals surface area contributed by atoms with Crippen LogP contribution in [0.4, 0.5) is 4.39 Å². The van der Waals surface area contributed by atoms with Crippen LogP contribution in [0.1, 0.15) is 48.0 Å². The molecule has 0 radical (unpaired) electrons. The van der Waals surface area contributed by atoms with E-state index in [9.17, 15) is 9.18 Å². The maximum absolute atomic E-state index is 13.3. The van der Waals surface area contributed by atoms with Crippen LogP contribution in [0.3, 0.4) is 0 Å². The average Bonchev–Trinajstić information content (AvgIpc) is 2.38. The Morgan fingerprint density at radius 3 is 2.58 bits per heavy atom. The van der Waals surface area contributed by atoms with Crippen LogP contribution >= 0.6 is 0 Å². The number of hydrogen-bond donors (Lipinski definition) is 2. The number of hydrogen-bond acceptors (Lipinski definition) is 2. The van der Waals surface area contributed by atoms with E-state index in [4.69, 9.17) is 5.73 Å². The lowest BCUT2D eigenvalue weighted by molar-refractivity contribution is 0.0874. The summed E-state index contributed by atoms with van der Waals surface area (Å²) < 4.78 is 13.3. The van der Waals surface area contributed by atoms with E-state index in [0.717, 1.165) is 31.2 Å². The summed E-state index contributed by atoms with van der Waals surface area (Å²) in [6.45, 7) is 2.21. The monoisotopic (exact) mass is 264 g/mol. The maximum Gasteiger partial charge on any atom is 0.251 e. The molecule has 1 amide bonds. The van der Waals surface area contributed by atoms with Crippen molar-refractivity contribution in [2.75, 3.05) is 6.54 Å². The molecule has 1 fully saturated rings. The summed E-state index contributed by atoms with van der Waals surface area (Å²) in [5.74, 6) is -0.606. The molecule has 3 N–H and O–H groups in total. The molecular formula is C15H21FN2O. The van der Waals surface area contributed by atoms with Crippen LogP contribution in [-0.4, -0.2) is 18.0 Å². The number of aryl methyl sites for hydroxylation is 1. The van der Waals surface area contributed by atoms with E-state index in [-0.39, 0.29) is 17.3 Å². The Hall–Kier alpha value is -1.42. The van der Waals surface area contributed by atoms with Crippen molar-refractivity contribution >= 4 is 5.91 Å². The highest BCUT2D eigenvalue weighted by molar-refractivity contribution is 5.94. The number of amides is 1. The van der Waals surface area contributed by atoms with Gasteiger partial charge in [0.1, 0.15) is 5.82 Å². The first-order valence-electron chi connectivity index (χ1n) is 6.84. The molecule has 2 rings (SSSR count). The smallest absolute Gasteiger partial charge is 0.251 e. The number of nitrogens with one attached hydrogen (secondary N) is 1. The van der Waals surface area contributed by atoms with Gasteiger partial charge >= 0.3 is 0 Å². The van der Waals surface area contributed by atoms with E-state index in [1.165, 1.54) is 18.6 Å². The lowest BCUT2D eigenvalue weighted by atomic mass is 9.81. The molecule has 0 bridgehead atoms. The number of halogens is 1. The Kier molecular flexibility index (Phi) is 4.20. The van der Waals surface area contributed by atoms with Crippen LogP contribution in [0.15, 0.2) is 18.2 Å². The summed E-state index contributed by atoms with van der Waals surface area (Å²) >= 11 is 0. The van der Waals surface area contributed by atoms with E-state index < -0.39 is 0 Å². The van der Waals surface area contributed by atoms with Crippen molar-refractivity contribution in [1.82, 2.24) is 5.32 Å². The zero-order valence-corrected chi connectivity index (χ0v) is 11.3. The standard InChI is InChI=1S/C15H21FN2O/c1-11-7-12(9-13(16)8-11)14(19)18-15(10-17)5-3-2-4-6-15/h7-9H,2-6,10,17H2,1H3,(H,18,19). The molecule has 19 heavy (non-hydrogen) atoms. The highest BCUT2D eigenvalue weighted by atomic mass is 19.1. The summed E-state index contributed by atoms with van der Waals surface area (Å²) in [5.41, 5.74) is 6.64. The third-order valence-corrected chi connectivity index (χ3v) is 3.88. The number of carbonyl (C=O) groups is 1. The van der Waals surface area contributed by atoms with Crippen LogP contribution in [-0.2, 0) is 0 Å². The fraction of sp³-hybridized carbons (Fsp3) is 0.533. The Morgan fingerprint density at radius 1 is 1.32 bits per heavy atom. The minimum absolute atomic E-state index is 0.227. The Bertz CT molecular complexity index is 447. The number of carbonyl (C=O) groups excluding carboxylic acids is 1. The Labute approximate surface area is 113 Å². The van der Waals surface area contributed by atoms with Crippen molar-refractivity contribution in [3.05, 3.63) is 35.1 Å². The molecule has 104 valence electrons. The van der Waals surface area contributed by atoms with E-state index in [1.807, 2.05) is 0 Å². The van der Waals surface area contributed by atoms with Gasteiger partial charge in [-0.1, -0.05) is 19.3 Å². The van der Waals surface area contributed by atoms with E-state index >= 15 is 0 Å². The first-order valence-corrected chi connectivity index (χ1v) is 6.84.